The monoisotopic (exact) mass is 388 g/mol. The molecule has 0 saturated carbocycles. The number of aryl methyl sites for hydroxylation is 1. The van der Waals surface area contributed by atoms with Gasteiger partial charge in [0.25, 0.3) is 0 Å². The Kier molecular flexibility index (Phi) is 5.91. The summed E-state index contributed by atoms with van der Waals surface area (Å²) in [5.74, 6) is -0.211. The van der Waals surface area contributed by atoms with Crippen molar-refractivity contribution in [3.63, 3.8) is 0 Å². The summed E-state index contributed by atoms with van der Waals surface area (Å²) in [7, 11) is -3.68. The van der Waals surface area contributed by atoms with Gasteiger partial charge in [0.15, 0.2) is 0 Å². The maximum absolute atomic E-state index is 12.6. The molecule has 7 nitrogen and oxygen atoms in total. The van der Waals surface area contributed by atoms with Crippen LogP contribution in [0.1, 0.15) is 22.7 Å². The van der Waals surface area contributed by atoms with Crippen LogP contribution in [0.25, 0.3) is 0 Å². The number of carbonyl (C=O) groups is 1. The predicted octanol–water partition coefficient (Wildman–Crippen LogP) is 0.766. The van der Waals surface area contributed by atoms with Gasteiger partial charge in [0.05, 0.1) is 16.9 Å². The van der Waals surface area contributed by atoms with Crippen LogP contribution in [0.5, 0.6) is 0 Å². The van der Waals surface area contributed by atoms with E-state index in [9.17, 15) is 13.2 Å². The molecule has 1 heterocycles. The van der Waals surface area contributed by atoms with E-state index in [0.29, 0.717) is 19.5 Å². The van der Waals surface area contributed by atoms with Crippen LogP contribution in [-0.4, -0.2) is 27.4 Å². The van der Waals surface area contributed by atoms with E-state index in [-0.39, 0.29) is 22.8 Å². The van der Waals surface area contributed by atoms with E-state index in [1.165, 1.54) is 17.7 Å². The van der Waals surface area contributed by atoms with Crippen LogP contribution in [0.15, 0.2) is 53.4 Å². The van der Waals surface area contributed by atoms with E-state index in [1.807, 2.05) is 31.2 Å². The standard InChI is InChI=1S/C19H24N4O3S/c1-13-2-6-15(7-3-13)18-17(12-22-23-18)19(24)21-11-10-14-4-8-16(9-5-14)27(20,25)26/h2-9,17-18,22-23H,10-12H2,1H3,(H,21,24)(H2,20,25,26). The van der Waals surface area contributed by atoms with Crippen LogP contribution >= 0.6 is 0 Å². The fourth-order valence-corrected chi connectivity index (χ4v) is 3.65. The first kappa shape index (κ1) is 19.5. The van der Waals surface area contributed by atoms with Gasteiger partial charge < -0.3 is 5.32 Å². The SMILES string of the molecule is Cc1ccc(C2NNCC2C(=O)NCCc2ccc(S(N)(=O)=O)cc2)cc1. The zero-order chi connectivity index (χ0) is 19.4. The van der Waals surface area contributed by atoms with Gasteiger partial charge in [0, 0.05) is 13.1 Å². The van der Waals surface area contributed by atoms with Crippen LogP contribution in [-0.2, 0) is 21.2 Å². The molecular weight excluding hydrogens is 364 g/mol. The van der Waals surface area contributed by atoms with Gasteiger partial charge in [-0.1, -0.05) is 42.0 Å². The quantitative estimate of drug-likeness (QED) is 0.584. The molecule has 0 bridgehead atoms. The van der Waals surface area contributed by atoms with Crippen LogP contribution in [0.2, 0.25) is 0 Å². The highest BCUT2D eigenvalue weighted by atomic mass is 32.2. The Balaban J connectivity index is 1.55. The summed E-state index contributed by atoms with van der Waals surface area (Å²) in [5.41, 5.74) is 9.42. The molecule has 2 aromatic rings. The average molecular weight is 388 g/mol. The molecule has 0 aromatic heterocycles. The molecule has 0 radical (unpaired) electrons. The summed E-state index contributed by atoms with van der Waals surface area (Å²) in [4.78, 5) is 12.7. The predicted molar refractivity (Wildman–Crippen MR) is 103 cm³/mol. The van der Waals surface area contributed by atoms with Gasteiger partial charge >= 0.3 is 0 Å². The lowest BCUT2D eigenvalue weighted by molar-refractivity contribution is -0.124. The largest absolute Gasteiger partial charge is 0.355 e. The number of nitrogens with two attached hydrogens (primary N) is 1. The Bertz CT molecular complexity index is 896. The summed E-state index contributed by atoms with van der Waals surface area (Å²) in [5, 5.41) is 8.06. The molecule has 1 fully saturated rings. The fourth-order valence-electron chi connectivity index (χ4n) is 3.14. The van der Waals surface area contributed by atoms with Crippen LogP contribution in [0.3, 0.4) is 0 Å². The highest BCUT2D eigenvalue weighted by Gasteiger charge is 2.33. The molecule has 1 amide bonds. The van der Waals surface area contributed by atoms with Crippen molar-refractivity contribution >= 4 is 15.9 Å². The smallest absolute Gasteiger partial charge is 0.238 e. The first-order valence-electron chi connectivity index (χ1n) is 8.79. The van der Waals surface area contributed by atoms with Gasteiger partial charge in [-0.2, -0.15) is 0 Å². The Hall–Kier alpha value is -2.26. The number of amides is 1. The summed E-state index contributed by atoms with van der Waals surface area (Å²) >= 11 is 0. The summed E-state index contributed by atoms with van der Waals surface area (Å²) < 4.78 is 22.5. The number of nitrogens with one attached hydrogen (secondary N) is 3. The Morgan fingerprint density at radius 2 is 1.81 bits per heavy atom. The van der Waals surface area contributed by atoms with Gasteiger partial charge in [0.1, 0.15) is 0 Å². The van der Waals surface area contributed by atoms with Crippen molar-refractivity contribution in [3.8, 4) is 0 Å². The first-order chi connectivity index (χ1) is 12.8. The number of hydrogen-bond donors (Lipinski definition) is 4. The molecule has 1 saturated heterocycles. The number of sulfonamides is 1. The molecule has 144 valence electrons. The highest BCUT2D eigenvalue weighted by Crippen LogP contribution is 2.25. The second-order valence-corrected chi connectivity index (χ2v) is 8.31. The third-order valence-electron chi connectivity index (χ3n) is 4.72. The molecule has 2 aromatic carbocycles. The number of benzene rings is 2. The van der Waals surface area contributed by atoms with Crippen molar-refractivity contribution in [1.29, 1.82) is 0 Å². The van der Waals surface area contributed by atoms with Crippen molar-refractivity contribution in [1.82, 2.24) is 16.2 Å². The second kappa shape index (κ2) is 8.18. The van der Waals surface area contributed by atoms with Crippen molar-refractivity contribution in [2.45, 2.75) is 24.3 Å². The van der Waals surface area contributed by atoms with Gasteiger partial charge in [-0.05, 0) is 36.6 Å². The van der Waals surface area contributed by atoms with Crippen LogP contribution in [0.4, 0.5) is 0 Å². The van der Waals surface area contributed by atoms with Crippen molar-refractivity contribution in [2.24, 2.45) is 11.1 Å². The Labute approximate surface area is 159 Å². The molecule has 1 aliphatic rings. The lowest BCUT2D eigenvalue weighted by Gasteiger charge is -2.18. The minimum atomic E-state index is -3.68. The van der Waals surface area contributed by atoms with E-state index < -0.39 is 10.0 Å². The molecule has 3 rings (SSSR count). The molecule has 0 aliphatic carbocycles. The van der Waals surface area contributed by atoms with Crippen molar-refractivity contribution in [2.75, 3.05) is 13.1 Å². The fraction of sp³-hybridized carbons (Fsp3) is 0.316. The van der Waals surface area contributed by atoms with Crippen LogP contribution < -0.4 is 21.3 Å². The highest BCUT2D eigenvalue weighted by molar-refractivity contribution is 7.89. The second-order valence-electron chi connectivity index (χ2n) is 6.75. The average Bonchev–Trinajstić information content (AvgIpc) is 3.12. The number of carbonyl (C=O) groups excluding carboxylic acids is 1. The van der Waals surface area contributed by atoms with E-state index in [0.717, 1.165) is 11.1 Å². The van der Waals surface area contributed by atoms with Crippen LogP contribution in [0, 0.1) is 12.8 Å². The molecule has 8 heteroatoms. The Morgan fingerprint density at radius 1 is 1.15 bits per heavy atom. The number of primary sulfonamides is 1. The molecule has 0 spiro atoms. The van der Waals surface area contributed by atoms with E-state index in [4.69, 9.17) is 5.14 Å². The van der Waals surface area contributed by atoms with E-state index in [2.05, 4.69) is 16.2 Å². The van der Waals surface area contributed by atoms with Crippen molar-refractivity contribution < 1.29 is 13.2 Å². The third kappa shape index (κ3) is 4.92. The molecule has 27 heavy (non-hydrogen) atoms. The summed E-state index contributed by atoms with van der Waals surface area (Å²) in [6.07, 6.45) is 0.611. The van der Waals surface area contributed by atoms with Gasteiger partial charge in [-0.15, -0.1) is 0 Å². The lowest BCUT2D eigenvalue weighted by Crippen LogP contribution is -2.36. The normalized spacial score (nSPS) is 19.8. The molecule has 2 atom stereocenters. The zero-order valence-electron chi connectivity index (χ0n) is 15.1. The molecular formula is C19H24N4O3S. The van der Waals surface area contributed by atoms with Gasteiger partial charge in [0.2, 0.25) is 15.9 Å². The maximum Gasteiger partial charge on any atom is 0.238 e. The molecule has 2 unspecified atom stereocenters. The van der Waals surface area contributed by atoms with E-state index in [1.54, 1.807) is 12.1 Å². The molecule has 5 N–H and O–H groups in total. The molecule has 1 aliphatic heterocycles. The summed E-state index contributed by atoms with van der Waals surface area (Å²) in [6, 6.07) is 14.4. The van der Waals surface area contributed by atoms with Gasteiger partial charge in [-0.3, -0.25) is 10.2 Å². The number of hydrazine groups is 1. The number of hydrogen-bond acceptors (Lipinski definition) is 5. The Morgan fingerprint density at radius 3 is 2.44 bits per heavy atom. The summed E-state index contributed by atoms with van der Waals surface area (Å²) in [6.45, 7) is 3.07. The van der Waals surface area contributed by atoms with Crippen molar-refractivity contribution in [3.05, 3.63) is 65.2 Å². The topological polar surface area (TPSA) is 113 Å². The number of rotatable bonds is 6. The third-order valence-corrected chi connectivity index (χ3v) is 5.65. The lowest BCUT2D eigenvalue weighted by atomic mass is 9.93. The maximum atomic E-state index is 12.6. The van der Waals surface area contributed by atoms with Gasteiger partial charge in [-0.25, -0.2) is 19.0 Å². The van der Waals surface area contributed by atoms with E-state index >= 15 is 0 Å². The zero-order valence-corrected chi connectivity index (χ0v) is 15.9. The minimum Gasteiger partial charge on any atom is -0.355 e. The first-order valence-corrected chi connectivity index (χ1v) is 10.3. The minimum absolute atomic E-state index is 0.0146.